The summed E-state index contributed by atoms with van der Waals surface area (Å²) in [6.07, 6.45) is 19.6. The van der Waals surface area contributed by atoms with Crippen LogP contribution in [0, 0.1) is 26.0 Å². The summed E-state index contributed by atoms with van der Waals surface area (Å²) in [5.74, 6) is 0.0400. The van der Waals surface area contributed by atoms with Crippen molar-refractivity contribution in [3.8, 4) is 0 Å². The molecule has 1 saturated heterocycles. The summed E-state index contributed by atoms with van der Waals surface area (Å²) in [4.78, 5) is 29.5. The Morgan fingerprint density at radius 1 is 0.717 bits per heavy atom. The molecule has 60 heavy (non-hydrogen) atoms. The Labute approximate surface area is 415 Å². The minimum atomic E-state index is -0.246. The van der Waals surface area contributed by atoms with Gasteiger partial charge in [0, 0.05) is 114 Å². The molecule has 8 rings (SSSR count). The van der Waals surface area contributed by atoms with Crippen LogP contribution in [0.1, 0.15) is 88.5 Å². The van der Waals surface area contributed by atoms with Crippen molar-refractivity contribution in [3.05, 3.63) is 131 Å². The zero-order valence-electron chi connectivity index (χ0n) is 35.9. The fourth-order valence-electron chi connectivity index (χ4n) is 9.87. The van der Waals surface area contributed by atoms with Crippen molar-refractivity contribution in [2.75, 3.05) is 31.1 Å². The number of amides is 2. The van der Waals surface area contributed by atoms with Crippen molar-refractivity contribution < 1.29 is 79.6 Å². The molecule has 4 aromatic carbocycles. The van der Waals surface area contributed by atoms with Crippen LogP contribution in [0.4, 0.5) is 11.4 Å². The number of rotatable bonds is 4. The molecule has 2 radical (unpaired) electrons. The Morgan fingerprint density at radius 3 is 1.90 bits per heavy atom. The van der Waals surface area contributed by atoms with Gasteiger partial charge in [0.2, 0.25) is 11.8 Å². The standard InChI is InChI=1S/C50H55N4O2S2.2Y/c1-7-48(8-2)42-16-14-12-11-13-15-17-43-49(9-3,10-4)47-39-23-19-35(6)31-37(39)21-25-41(47)54(43)29-27-45(56)52-33-50(57-58-50)32-51-44(55)26-28-53(42)40-24-20-36-30-34(5)18-22-38(36)46(40)48;;/h11-21,24-25,30-31H,7-10,26-29,32-33H2,1-6H3,(H,51,55)(H,52,56);;/q-1;;. The Hall–Kier alpha value is -2.32. The van der Waals surface area contributed by atoms with Crippen molar-refractivity contribution in [1.29, 1.82) is 0 Å². The number of nitrogens with zero attached hydrogens (tertiary/aromatic N) is 2. The molecule has 4 aliphatic heterocycles. The molecule has 10 heteroatoms. The summed E-state index contributed by atoms with van der Waals surface area (Å²) < 4.78 is 2.13. The average molecular weight is 986 g/mol. The van der Waals surface area contributed by atoms with Gasteiger partial charge < -0.3 is 15.5 Å². The molecule has 4 heterocycles. The fourth-order valence-corrected chi connectivity index (χ4v) is 11.6. The average Bonchev–Trinajstić information content (AvgIpc) is 3.89. The molecule has 4 aliphatic rings. The zero-order chi connectivity index (χ0) is 40.7. The van der Waals surface area contributed by atoms with Crippen LogP contribution in [0.15, 0.2) is 96.8 Å². The molecule has 0 bridgehead atoms. The second kappa shape index (κ2) is 19.6. The smallest absolute Gasteiger partial charge is 0.226 e. The maximum atomic E-state index is 13.6. The van der Waals surface area contributed by atoms with Crippen LogP contribution in [0.2, 0.25) is 0 Å². The molecule has 2 N–H and O–H groups in total. The summed E-state index contributed by atoms with van der Waals surface area (Å²) in [7, 11) is 3.46. The maximum absolute atomic E-state index is 13.6. The Bertz CT molecular complexity index is 2460. The van der Waals surface area contributed by atoms with E-state index in [0.717, 1.165) is 25.7 Å². The molecular formula is C50H55N4O2S2Y2-. The van der Waals surface area contributed by atoms with Gasteiger partial charge in [-0.05, 0) is 43.4 Å². The molecule has 0 aliphatic carbocycles. The first kappa shape index (κ1) is 47.2. The van der Waals surface area contributed by atoms with Crippen LogP contribution in [0.3, 0.4) is 0 Å². The van der Waals surface area contributed by atoms with E-state index in [1.165, 1.54) is 66.6 Å². The van der Waals surface area contributed by atoms with Gasteiger partial charge in [-0.1, -0.05) is 117 Å². The van der Waals surface area contributed by atoms with E-state index in [1.807, 2.05) is 0 Å². The molecule has 0 aromatic heterocycles. The minimum Gasteiger partial charge on any atom is -0.354 e. The third-order valence-corrected chi connectivity index (χ3v) is 16.2. The van der Waals surface area contributed by atoms with Gasteiger partial charge in [-0.25, -0.2) is 4.58 Å². The molecule has 0 saturated carbocycles. The van der Waals surface area contributed by atoms with E-state index in [1.54, 1.807) is 21.6 Å². The SMILES string of the molecule is CCC1(CC)C2=[N+](CCC(=O)NCC3(CNC(=O)CCN4/C(=C/C=C/C=C/C=C/2)C(CC)(CC)c2c4ccc4cc(C)c[c-]c24)SS3)c2ccc3cc(C)c[c-]c3c21.[Y].[Y]. The van der Waals surface area contributed by atoms with Crippen molar-refractivity contribution >= 4 is 72.0 Å². The van der Waals surface area contributed by atoms with Crippen LogP contribution in [-0.2, 0) is 85.8 Å². The number of allylic oxidation sites excluding steroid dienone is 8. The van der Waals surface area contributed by atoms with Crippen molar-refractivity contribution in [3.63, 3.8) is 0 Å². The third-order valence-electron chi connectivity index (χ3n) is 13.1. The molecule has 306 valence electrons. The van der Waals surface area contributed by atoms with E-state index in [9.17, 15) is 9.59 Å². The minimum absolute atomic E-state index is 0. The molecule has 2 amide bonds. The van der Waals surface area contributed by atoms with Gasteiger partial charge in [0.1, 0.15) is 4.08 Å². The van der Waals surface area contributed by atoms with E-state index in [0.29, 0.717) is 39.0 Å². The predicted molar refractivity (Wildman–Crippen MR) is 245 cm³/mol. The number of hydrogen-bond acceptors (Lipinski definition) is 5. The first-order chi connectivity index (χ1) is 28.1. The summed E-state index contributed by atoms with van der Waals surface area (Å²) in [5, 5.41) is 11.2. The monoisotopic (exact) mass is 985 g/mol. The number of hydrogen-bond donors (Lipinski definition) is 2. The first-order valence-corrected chi connectivity index (χ1v) is 23.2. The summed E-state index contributed by atoms with van der Waals surface area (Å²) in [5.41, 5.74) is 9.37. The second-order valence-electron chi connectivity index (χ2n) is 16.3. The quantitative estimate of drug-likeness (QED) is 0.0923. The number of carbonyl (C=O) groups excluding carboxylic acids is 2. The molecule has 0 atom stereocenters. The summed E-state index contributed by atoms with van der Waals surface area (Å²) in [6, 6.07) is 24.9. The molecule has 6 nitrogen and oxygen atoms in total. The van der Waals surface area contributed by atoms with Crippen LogP contribution in [0.25, 0.3) is 21.5 Å². The first-order valence-electron chi connectivity index (χ1n) is 21.1. The van der Waals surface area contributed by atoms with Crippen molar-refractivity contribution in [2.45, 2.75) is 95.0 Å². The van der Waals surface area contributed by atoms with Crippen molar-refractivity contribution in [1.82, 2.24) is 10.6 Å². The number of fused-ring (bicyclic) bond motifs is 9. The van der Waals surface area contributed by atoms with Gasteiger partial charge in [0.15, 0.2) is 17.9 Å². The normalized spacial score (nSPS) is 22.0. The topological polar surface area (TPSA) is 64.5 Å². The number of anilines is 1. The number of nitrogens with one attached hydrogen (secondary N) is 2. The van der Waals surface area contributed by atoms with Crippen molar-refractivity contribution in [2.24, 2.45) is 0 Å². The van der Waals surface area contributed by atoms with E-state index >= 15 is 0 Å². The summed E-state index contributed by atoms with van der Waals surface area (Å²) in [6.45, 7) is 15.5. The molecule has 0 unspecified atom stereocenters. The summed E-state index contributed by atoms with van der Waals surface area (Å²) >= 11 is 0. The Kier molecular flexibility index (Phi) is 15.4. The number of carbonyl (C=O) groups is 2. The van der Waals surface area contributed by atoms with Crippen LogP contribution >= 0.6 is 21.6 Å². The van der Waals surface area contributed by atoms with E-state index in [-0.39, 0.29) is 92.1 Å². The predicted octanol–water partition coefficient (Wildman–Crippen LogP) is 10.6. The fraction of sp³-hybridized carbons (Fsp3) is 0.380. The van der Waals surface area contributed by atoms with Gasteiger partial charge in [-0.15, -0.1) is 69.1 Å². The van der Waals surface area contributed by atoms with E-state index in [4.69, 9.17) is 0 Å². The molecular weight excluding hydrogens is 931 g/mol. The van der Waals surface area contributed by atoms with Gasteiger partial charge in [0.25, 0.3) is 0 Å². The van der Waals surface area contributed by atoms with Crippen LogP contribution < -0.4 is 15.5 Å². The van der Waals surface area contributed by atoms with E-state index < -0.39 is 0 Å². The zero-order valence-corrected chi connectivity index (χ0v) is 43.2. The molecule has 1 fully saturated rings. The van der Waals surface area contributed by atoms with Gasteiger partial charge >= 0.3 is 0 Å². The Morgan fingerprint density at radius 2 is 1.28 bits per heavy atom. The Balaban J connectivity index is 0.00000302. The molecule has 1 spiro atoms. The van der Waals surface area contributed by atoms with E-state index in [2.05, 4.69) is 165 Å². The van der Waals surface area contributed by atoms with Crippen LogP contribution in [-0.4, -0.2) is 52.4 Å². The largest absolute Gasteiger partial charge is 0.354 e. The van der Waals surface area contributed by atoms with Gasteiger partial charge in [-0.3, -0.25) is 9.59 Å². The van der Waals surface area contributed by atoms with Crippen LogP contribution in [0.5, 0.6) is 0 Å². The second-order valence-corrected chi connectivity index (χ2v) is 19.4. The van der Waals surface area contributed by atoms with Gasteiger partial charge in [0.05, 0.1) is 11.8 Å². The van der Waals surface area contributed by atoms with Gasteiger partial charge in [-0.2, -0.15) is 0 Å². The third kappa shape index (κ3) is 8.66. The number of benzene rings is 4. The molecule has 4 aromatic rings. The maximum Gasteiger partial charge on any atom is 0.226 e. The number of aryl methyl sites for hydroxylation is 2.